The Bertz CT molecular complexity index is 379. The lowest BCUT2D eigenvalue weighted by Crippen LogP contribution is -2.31. The summed E-state index contributed by atoms with van der Waals surface area (Å²) in [5.41, 5.74) is 0. The van der Waals surface area contributed by atoms with Crippen molar-refractivity contribution in [3.8, 4) is 0 Å². The smallest absolute Gasteiger partial charge is 0.150 e. The summed E-state index contributed by atoms with van der Waals surface area (Å²) in [6, 6.07) is 1.18. The van der Waals surface area contributed by atoms with Crippen LogP contribution in [0.3, 0.4) is 0 Å². The molecule has 1 saturated carbocycles. The van der Waals surface area contributed by atoms with Gasteiger partial charge in [0.2, 0.25) is 0 Å². The first-order valence-electron chi connectivity index (χ1n) is 7.33. The molecule has 1 unspecified atom stereocenters. The number of rotatable bonds is 7. The third-order valence-electron chi connectivity index (χ3n) is 3.65. The highest BCUT2D eigenvalue weighted by Crippen LogP contribution is 2.23. The minimum Gasteiger partial charge on any atom is -0.312 e. The van der Waals surface area contributed by atoms with Crippen LogP contribution in [0, 0.1) is 5.92 Å². The minimum absolute atomic E-state index is 0.424. The predicted molar refractivity (Wildman–Crippen MR) is 73.7 cm³/mol. The molecule has 1 N–H and O–H groups in total. The maximum atomic E-state index is 4.69. The summed E-state index contributed by atoms with van der Waals surface area (Å²) in [7, 11) is 0. The molecule has 1 fully saturated rings. The van der Waals surface area contributed by atoms with Crippen LogP contribution in [0.2, 0.25) is 0 Å². The topological polar surface area (TPSA) is 42.7 Å². The first-order valence-corrected chi connectivity index (χ1v) is 7.33. The Morgan fingerprint density at radius 1 is 1.28 bits per heavy atom. The fourth-order valence-corrected chi connectivity index (χ4v) is 2.24. The molecule has 0 aliphatic heterocycles. The van der Waals surface area contributed by atoms with Crippen molar-refractivity contribution in [2.75, 3.05) is 6.54 Å². The number of nitrogens with zero attached hydrogens (tertiary/aromatic N) is 3. The fraction of sp³-hybridized carbons (Fsp3) is 0.857. The van der Waals surface area contributed by atoms with Gasteiger partial charge in [-0.1, -0.05) is 27.7 Å². The van der Waals surface area contributed by atoms with Gasteiger partial charge in [0.05, 0.1) is 6.04 Å². The molecule has 1 aromatic heterocycles. The van der Waals surface area contributed by atoms with E-state index < -0.39 is 0 Å². The molecule has 0 saturated heterocycles. The summed E-state index contributed by atoms with van der Waals surface area (Å²) in [6.07, 6.45) is 4.55. The molecule has 102 valence electrons. The van der Waals surface area contributed by atoms with Crippen molar-refractivity contribution in [2.45, 2.75) is 65.5 Å². The summed E-state index contributed by atoms with van der Waals surface area (Å²) in [5.74, 6) is 2.68. The van der Waals surface area contributed by atoms with E-state index in [1.807, 2.05) is 0 Å². The molecule has 0 aromatic carbocycles. The molecule has 1 aromatic rings. The van der Waals surface area contributed by atoms with Crippen molar-refractivity contribution in [3.63, 3.8) is 0 Å². The van der Waals surface area contributed by atoms with Gasteiger partial charge < -0.3 is 5.32 Å². The summed E-state index contributed by atoms with van der Waals surface area (Å²) in [5, 5.41) is 8.31. The molecule has 1 aliphatic carbocycles. The standard InChI is InChI=1S/C14H26N4/c1-5-13-16-14(6-2)18(17-13)12(10(3)4)9-15-11-7-8-11/h10-12,15H,5-9H2,1-4H3. The van der Waals surface area contributed by atoms with Crippen LogP contribution in [0.4, 0.5) is 0 Å². The largest absolute Gasteiger partial charge is 0.312 e. The van der Waals surface area contributed by atoms with Gasteiger partial charge in [-0.2, -0.15) is 5.10 Å². The van der Waals surface area contributed by atoms with Crippen LogP contribution < -0.4 is 5.32 Å². The second-order valence-electron chi connectivity index (χ2n) is 5.59. The average molecular weight is 250 g/mol. The van der Waals surface area contributed by atoms with Crippen molar-refractivity contribution >= 4 is 0 Å². The van der Waals surface area contributed by atoms with E-state index in [0.717, 1.165) is 37.1 Å². The third-order valence-corrected chi connectivity index (χ3v) is 3.65. The predicted octanol–water partition coefficient (Wildman–Crippen LogP) is 2.35. The van der Waals surface area contributed by atoms with E-state index in [9.17, 15) is 0 Å². The van der Waals surface area contributed by atoms with Crippen LogP contribution in [0.25, 0.3) is 0 Å². The second-order valence-corrected chi connectivity index (χ2v) is 5.59. The second kappa shape index (κ2) is 5.83. The average Bonchev–Trinajstić information content (AvgIpc) is 3.08. The van der Waals surface area contributed by atoms with Crippen molar-refractivity contribution in [1.29, 1.82) is 0 Å². The third kappa shape index (κ3) is 3.10. The zero-order valence-corrected chi connectivity index (χ0v) is 12.1. The Morgan fingerprint density at radius 2 is 2.00 bits per heavy atom. The molecular weight excluding hydrogens is 224 g/mol. The van der Waals surface area contributed by atoms with E-state index in [0.29, 0.717) is 12.0 Å². The molecule has 0 radical (unpaired) electrons. The summed E-state index contributed by atoms with van der Waals surface area (Å²) < 4.78 is 2.17. The molecule has 0 amide bonds. The van der Waals surface area contributed by atoms with Gasteiger partial charge in [0.25, 0.3) is 0 Å². The van der Waals surface area contributed by atoms with Crippen LogP contribution in [-0.2, 0) is 12.8 Å². The molecule has 4 nitrogen and oxygen atoms in total. The van der Waals surface area contributed by atoms with Gasteiger partial charge in [0.15, 0.2) is 5.82 Å². The summed E-state index contributed by atoms with van der Waals surface area (Å²) >= 11 is 0. The fourth-order valence-electron chi connectivity index (χ4n) is 2.24. The Balaban J connectivity index is 2.14. The van der Waals surface area contributed by atoms with Crippen molar-refractivity contribution in [1.82, 2.24) is 20.1 Å². The van der Waals surface area contributed by atoms with Crippen molar-refractivity contribution < 1.29 is 0 Å². The lowest BCUT2D eigenvalue weighted by atomic mass is 10.0. The van der Waals surface area contributed by atoms with E-state index in [2.05, 4.69) is 47.8 Å². The van der Waals surface area contributed by atoms with Crippen molar-refractivity contribution in [3.05, 3.63) is 11.6 Å². The first-order chi connectivity index (χ1) is 8.65. The van der Waals surface area contributed by atoms with Gasteiger partial charge >= 0.3 is 0 Å². The summed E-state index contributed by atoms with van der Waals surface area (Å²) in [6.45, 7) is 9.83. The van der Waals surface area contributed by atoms with Crippen LogP contribution in [0.15, 0.2) is 0 Å². The normalized spacial score (nSPS) is 17.4. The van der Waals surface area contributed by atoms with Gasteiger partial charge in [0.1, 0.15) is 5.82 Å². The Labute approximate surface area is 110 Å². The van der Waals surface area contributed by atoms with Crippen molar-refractivity contribution in [2.24, 2.45) is 5.92 Å². The Kier molecular flexibility index (Phi) is 4.38. The molecule has 0 bridgehead atoms. The van der Waals surface area contributed by atoms with Gasteiger partial charge in [-0.25, -0.2) is 9.67 Å². The monoisotopic (exact) mass is 250 g/mol. The summed E-state index contributed by atoms with van der Waals surface area (Å²) in [4.78, 5) is 4.62. The number of aryl methyl sites for hydroxylation is 2. The molecule has 1 atom stereocenters. The van der Waals surface area contributed by atoms with E-state index in [-0.39, 0.29) is 0 Å². The maximum Gasteiger partial charge on any atom is 0.150 e. The zero-order valence-electron chi connectivity index (χ0n) is 12.1. The van der Waals surface area contributed by atoms with Gasteiger partial charge in [-0.3, -0.25) is 0 Å². The number of nitrogens with one attached hydrogen (secondary N) is 1. The lowest BCUT2D eigenvalue weighted by molar-refractivity contribution is 0.319. The molecule has 18 heavy (non-hydrogen) atoms. The Morgan fingerprint density at radius 3 is 2.50 bits per heavy atom. The highest BCUT2D eigenvalue weighted by Gasteiger charge is 2.25. The SMILES string of the molecule is CCc1nc(CC)n(C(CNC2CC2)C(C)C)n1. The number of hydrogen-bond acceptors (Lipinski definition) is 3. The van der Waals surface area contributed by atoms with Gasteiger partial charge in [-0.15, -0.1) is 0 Å². The van der Waals surface area contributed by atoms with E-state index >= 15 is 0 Å². The van der Waals surface area contributed by atoms with E-state index in [1.54, 1.807) is 0 Å². The van der Waals surface area contributed by atoms with E-state index in [4.69, 9.17) is 0 Å². The Hall–Kier alpha value is -0.900. The number of aromatic nitrogens is 3. The highest BCUT2D eigenvalue weighted by molar-refractivity contribution is 4.96. The molecule has 2 rings (SSSR count). The molecular formula is C14H26N4. The molecule has 1 aliphatic rings. The first kappa shape index (κ1) is 13.5. The highest BCUT2D eigenvalue weighted by atomic mass is 15.4. The number of hydrogen-bond donors (Lipinski definition) is 1. The van der Waals surface area contributed by atoms with Crippen LogP contribution in [0.5, 0.6) is 0 Å². The quantitative estimate of drug-likeness (QED) is 0.808. The molecule has 1 heterocycles. The minimum atomic E-state index is 0.424. The van der Waals surface area contributed by atoms with Crippen LogP contribution in [0.1, 0.15) is 58.2 Å². The molecule has 4 heteroatoms. The van der Waals surface area contributed by atoms with Gasteiger partial charge in [-0.05, 0) is 18.8 Å². The van der Waals surface area contributed by atoms with Crippen LogP contribution in [-0.4, -0.2) is 27.4 Å². The van der Waals surface area contributed by atoms with Crippen LogP contribution >= 0.6 is 0 Å². The lowest BCUT2D eigenvalue weighted by Gasteiger charge is -2.23. The molecule has 0 spiro atoms. The van der Waals surface area contributed by atoms with E-state index in [1.165, 1.54) is 12.8 Å². The maximum absolute atomic E-state index is 4.69. The van der Waals surface area contributed by atoms with Gasteiger partial charge in [0, 0.05) is 25.4 Å². The zero-order chi connectivity index (χ0) is 13.1.